The number of benzene rings is 1. The van der Waals surface area contributed by atoms with Gasteiger partial charge in [0, 0.05) is 30.0 Å². The second kappa shape index (κ2) is 6.10. The monoisotopic (exact) mass is 409 g/mol. The molecule has 28 heavy (non-hydrogen) atoms. The Morgan fingerprint density at radius 1 is 0.929 bits per heavy atom. The Balaban J connectivity index is 1.67. The van der Waals surface area contributed by atoms with Gasteiger partial charge in [-0.3, -0.25) is 4.79 Å². The molecular formula is C19H18F7NO. The van der Waals surface area contributed by atoms with Crippen LogP contribution >= 0.6 is 0 Å². The minimum Gasteiger partial charge on any atom is -0.339 e. The number of carbonyl (C=O) groups is 1. The Bertz CT molecular complexity index is 782. The van der Waals surface area contributed by atoms with E-state index in [0.29, 0.717) is 42.6 Å². The van der Waals surface area contributed by atoms with E-state index in [1.807, 2.05) is 4.90 Å². The Kier molecular flexibility index (Phi) is 4.25. The first-order valence-corrected chi connectivity index (χ1v) is 9.21. The number of amides is 1. The van der Waals surface area contributed by atoms with Crippen molar-refractivity contribution in [2.45, 2.75) is 62.1 Å². The molecule has 0 spiro atoms. The van der Waals surface area contributed by atoms with E-state index in [1.165, 1.54) is 6.07 Å². The summed E-state index contributed by atoms with van der Waals surface area (Å²) in [6.07, 6.45) is -9.23. The van der Waals surface area contributed by atoms with Crippen molar-refractivity contribution in [2.24, 2.45) is 5.92 Å². The van der Waals surface area contributed by atoms with Crippen molar-refractivity contribution in [3.63, 3.8) is 0 Å². The number of aryl methyl sites for hydroxylation is 1. The zero-order chi connectivity index (χ0) is 20.5. The molecule has 0 aromatic heterocycles. The third kappa shape index (κ3) is 2.80. The molecule has 3 aliphatic rings. The summed E-state index contributed by atoms with van der Waals surface area (Å²) in [5, 5.41) is 0. The van der Waals surface area contributed by atoms with Gasteiger partial charge in [0.2, 0.25) is 5.91 Å². The van der Waals surface area contributed by atoms with Crippen LogP contribution in [0.3, 0.4) is 0 Å². The van der Waals surface area contributed by atoms with Crippen molar-refractivity contribution in [1.82, 2.24) is 4.90 Å². The van der Waals surface area contributed by atoms with Crippen LogP contribution in [0.25, 0.3) is 0 Å². The highest BCUT2D eigenvalue weighted by Crippen LogP contribution is 2.54. The predicted octanol–water partition coefficient (Wildman–Crippen LogP) is 5.02. The van der Waals surface area contributed by atoms with Gasteiger partial charge < -0.3 is 4.90 Å². The molecule has 9 heteroatoms. The quantitative estimate of drug-likeness (QED) is 0.629. The molecule has 0 N–H and O–H groups in total. The second-order valence-corrected chi connectivity index (χ2v) is 7.87. The SMILES string of the molecule is O=C(C1CC1)N1CC[C@H]2c3ccc(C(F)(C(F)(F)F)C(F)(F)F)cc3CC[C@H]21. The van der Waals surface area contributed by atoms with Crippen LogP contribution < -0.4 is 0 Å². The fourth-order valence-electron chi connectivity index (χ4n) is 4.60. The maximum Gasteiger partial charge on any atom is 0.435 e. The summed E-state index contributed by atoms with van der Waals surface area (Å²) >= 11 is 0. The number of hydrogen-bond donors (Lipinski definition) is 0. The van der Waals surface area contributed by atoms with E-state index in [1.54, 1.807) is 0 Å². The van der Waals surface area contributed by atoms with Crippen LogP contribution in [0, 0.1) is 5.92 Å². The first-order chi connectivity index (χ1) is 12.9. The first-order valence-electron chi connectivity index (χ1n) is 9.21. The van der Waals surface area contributed by atoms with Gasteiger partial charge in [-0.2, -0.15) is 26.3 Å². The van der Waals surface area contributed by atoms with Gasteiger partial charge in [0.25, 0.3) is 0 Å². The second-order valence-electron chi connectivity index (χ2n) is 7.87. The third-order valence-corrected chi connectivity index (χ3v) is 6.19. The van der Waals surface area contributed by atoms with Crippen molar-refractivity contribution in [2.75, 3.05) is 6.54 Å². The fourth-order valence-corrected chi connectivity index (χ4v) is 4.60. The summed E-state index contributed by atoms with van der Waals surface area (Å²) in [5.41, 5.74) is -5.92. The molecule has 4 rings (SSSR count). The number of halogens is 7. The smallest absolute Gasteiger partial charge is 0.339 e. The number of rotatable bonds is 2. The van der Waals surface area contributed by atoms with E-state index in [2.05, 4.69) is 0 Å². The van der Waals surface area contributed by atoms with Crippen LogP contribution in [0.5, 0.6) is 0 Å². The zero-order valence-electron chi connectivity index (χ0n) is 14.7. The summed E-state index contributed by atoms with van der Waals surface area (Å²) < 4.78 is 92.4. The standard InChI is InChI=1S/C19H18F7NO/c20-17(18(21,22)23,19(24,25)26)12-4-5-13-11(9-12)3-6-15-14(13)7-8-27(15)16(28)10-1-2-10/h4-5,9-10,14-15H,1-3,6-8H2/t14-,15+/m0/s1. The molecular weight excluding hydrogens is 391 g/mol. The lowest BCUT2D eigenvalue weighted by Gasteiger charge is -2.35. The normalized spacial score (nSPS) is 25.5. The molecule has 0 radical (unpaired) electrons. The Labute approximate surface area is 156 Å². The molecule has 0 bridgehead atoms. The van der Waals surface area contributed by atoms with Crippen molar-refractivity contribution in [3.05, 3.63) is 34.9 Å². The Morgan fingerprint density at radius 2 is 1.57 bits per heavy atom. The summed E-state index contributed by atoms with van der Waals surface area (Å²) in [7, 11) is 0. The van der Waals surface area contributed by atoms with Crippen LogP contribution in [0.15, 0.2) is 18.2 Å². The van der Waals surface area contributed by atoms with E-state index >= 15 is 0 Å². The molecule has 1 aliphatic heterocycles. The highest BCUT2D eigenvalue weighted by molar-refractivity contribution is 5.82. The Hall–Kier alpha value is -1.80. The number of carbonyl (C=O) groups excluding carboxylic acids is 1. The van der Waals surface area contributed by atoms with E-state index in [-0.39, 0.29) is 30.2 Å². The van der Waals surface area contributed by atoms with Crippen LogP contribution in [-0.2, 0) is 16.9 Å². The molecule has 1 saturated heterocycles. The van der Waals surface area contributed by atoms with Crippen LogP contribution in [0.1, 0.15) is 48.3 Å². The minimum absolute atomic E-state index is 0.0493. The molecule has 154 valence electrons. The van der Waals surface area contributed by atoms with E-state index < -0.39 is 23.6 Å². The predicted molar refractivity (Wildman–Crippen MR) is 85.2 cm³/mol. The number of fused-ring (bicyclic) bond motifs is 3. The molecule has 0 unspecified atom stereocenters. The van der Waals surface area contributed by atoms with Crippen molar-refractivity contribution in [3.8, 4) is 0 Å². The van der Waals surface area contributed by atoms with Gasteiger partial charge in [0.05, 0.1) is 0 Å². The van der Waals surface area contributed by atoms with Gasteiger partial charge in [-0.1, -0.05) is 18.2 Å². The van der Waals surface area contributed by atoms with Crippen LogP contribution in [0.4, 0.5) is 30.7 Å². The molecule has 2 nitrogen and oxygen atoms in total. The summed E-state index contributed by atoms with van der Waals surface area (Å²) in [5.74, 6) is 0.00372. The Morgan fingerprint density at radius 3 is 2.14 bits per heavy atom. The van der Waals surface area contributed by atoms with Crippen molar-refractivity contribution < 1.29 is 35.5 Å². The average molecular weight is 409 g/mol. The number of hydrogen-bond acceptors (Lipinski definition) is 1. The van der Waals surface area contributed by atoms with Crippen molar-refractivity contribution in [1.29, 1.82) is 0 Å². The maximum atomic E-state index is 14.3. The van der Waals surface area contributed by atoms with Gasteiger partial charge in [0.1, 0.15) is 0 Å². The van der Waals surface area contributed by atoms with E-state index in [4.69, 9.17) is 0 Å². The molecule has 1 aromatic carbocycles. The molecule has 2 atom stereocenters. The fraction of sp³-hybridized carbons (Fsp3) is 0.632. The van der Waals surface area contributed by atoms with E-state index in [0.717, 1.165) is 12.8 Å². The third-order valence-electron chi connectivity index (χ3n) is 6.19. The highest BCUT2D eigenvalue weighted by atomic mass is 19.4. The van der Waals surface area contributed by atoms with Gasteiger partial charge in [-0.15, -0.1) is 0 Å². The average Bonchev–Trinajstić information content (AvgIpc) is 3.36. The lowest BCUT2D eigenvalue weighted by Crippen LogP contribution is -2.50. The largest absolute Gasteiger partial charge is 0.435 e. The molecule has 1 amide bonds. The van der Waals surface area contributed by atoms with Gasteiger partial charge in [0.15, 0.2) is 0 Å². The topological polar surface area (TPSA) is 20.3 Å². The first kappa shape index (κ1) is 19.5. The van der Waals surface area contributed by atoms with Gasteiger partial charge in [-0.05, 0) is 43.2 Å². The zero-order valence-corrected chi connectivity index (χ0v) is 14.7. The van der Waals surface area contributed by atoms with Gasteiger partial charge >= 0.3 is 18.0 Å². The number of nitrogens with zero attached hydrogens (tertiary/aromatic N) is 1. The molecule has 2 fully saturated rings. The van der Waals surface area contributed by atoms with Gasteiger partial charge in [-0.25, -0.2) is 4.39 Å². The molecule has 1 heterocycles. The summed E-state index contributed by atoms with van der Waals surface area (Å²) in [4.78, 5) is 14.2. The van der Waals surface area contributed by atoms with Crippen LogP contribution in [-0.4, -0.2) is 35.7 Å². The summed E-state index contributed by atoms with van der Waals surface area (Å²) in [6.45, 7) is 0.532. The molecule has 2 aliphatic carbocycles. The van der Waals surface area contributed by atoms with Crippen LogP contribution in [0.2, 0.25) is 0 Å². The molecule has 1 aromatic rings. The maximum absolute atomic E-state index is 14.3. The highest BCUT2D eigenvalue weighted by Gasteiger charge is 2.73. The lowest BCUT2D eigenvalue weighted by atomic mass is 9.77. The van der Waals surface area contributed by atoms with Crippen molar-refractivity contribution >= 4 is 5.91 Å². The lowest BCUT2D eigenvalue weighted by molar-refractivity contribution is -0.348. The minimum atomic E-state index is -6.11. The van der Waals surface area contributed by atoms with E-state index in [9.17, 15) is 35.5 Å². The molecule has 1 saturated carbocycles. The summed E-state index contributed by atoms with van der Waals surface area (Å²) in [6, 6.07) is 2.39. The number of likely N-dealkylation sites (tertiary alicyclic amines) is 1. The number of alkyl halides is 7.